The van der Waals surface area contributed by atoms with Crippen molar-refractivity contribution in [1.82, 2.24) is 5.32 Å². The van der Waals surface area contributed by atoms with Crippen LogP contribution >= 0.6 is 15.9 Å². The maximum Gasteiger partial charge on any atom is 0.416 e. The Morgan fingerprint density at radius 2 is 2.11 bits per heavy atom. The lowest BCUT2D eigenvalue weighted by Crippen LogP contribution is -2.28. The third-order valence-corrected chi connectivity index (χ3v) is 3.12. The van der Waals surface area contributed by atoms with Gasteiger partial charge in [0.25, 0.3) is 5.91 Å². The van der Waals surface area contributed by atoms with Gasteiger partial charge in [0.2, 0.25) is 0 Å². The molecular weight excluding hydrogens is 323 g/mol. The van der Waals surface area contributed by atoms with Gasteiger partial charge in [0.05, 0.1) is 5.56 Å². The minimum Gasteiger partial charge on any atom is -0.352 e. The molecule has 1 rings (SSSR count). The molecule has 1 amide bonds. The second-order valence-electron chi connectivity index (χ2n) is 4.37. The summed E-state index contributed by atoms with van der Waals surface area (Å²) in [5, 5.41) is 3.46. The van der Waals surface area contributed by atoms with E-state index in [4.69, 9.17) is 0 Å². The van der Waals surface area contributed by atoms with Gasteiger partial charge in [0.1, 0.15) is 0 Å². The molecule has 0 saturated carbocycles. The molecule has 19 heavy (non-hydrogen) atoms. The predicted molar refractivity (Wildman–Crippen MR) is 71.4 cm³/mol. The van der Waals surface area contributed by atoms with E-state index in [-0.39, 0.29) is 11.5 Å². The van der Waals surface area contributed by atoms with Crippen LogP contribution in [0.25, 0.3) is 0 Å². The fourth-order valence-electron chi connectivity index (χ4n) is 1.49. The lowest BCUT2D eigenvalue weighted by molar-refractivity contribution is -0.137. The Balaban J connectivity index is 2.67. The number of benzene rings is 1. The van der Waals surface area contributed by atoms with E-state index in [1.54, 1.807) is 0 Å². The molecule has 0 saturated heterocycles. The second-order valence-corrected chi connectivity index (χ2v) is 5.16. The number of halogens is 4. The summed E-state index contributed by atoms with van der Waals surface area (Å²) in [6, 6.07) is 4.42. The second kappa shape index (κ2) is 6.93. The van der Waals surface area contributed by atoms with Gasteiger partial charge in [0.15, 0.2) is 0 Å². The maximum absolute atomic E-state index is 12.5. The highest BCUT2D eigenvalue weighted by atomic mass is 79.9. The first-order valence-electron chi connectivity index (χ1n) is 5.86. The van der Waals surface area contributed by atoms with Crippen molar-refractivity contribution in [2.45, 2.75) is 19.5 Å². The van der Waals surface area contributed by atoms with Crippen molar-refractivity contribution in [3.05, 3.63) is 35.4 Å². The molecule has 0 spiro atoms. The van der Waals surface area contributed by atoms with Crippen LogP contribution in [0.2, 0.25) is 0 Å². The smallest absolute Gasteiger partial charge is 0.352 e. The Bertz CT molecular complexity index is 434. The van der Waals surface area contributed by atoms with Gasteiger partial charge < -0.3 is 5.32 Å². The highest BCUT2D eigenvalue weighted by Crippen LogP contribution is 2.29. The average molecular weight is 338 g/mol. The molecule has 0 aliphatic carbocycles. The standard InChI is InChI=1S/C13H15BrF3NO/c1-9(5-6-14)8-18-12(19)10-3-2-4-11(7-10)13(15,16)17/h2-4,7,9H,5-6,8H2,1H3,(H,18,19). The third kappa shape index (κ3) is 5.22. The summed E-state index contributed by atoms with van der Waals surface area (Å²) in [6.45, 7) is 2.41. The van der Waals surface area contributed by atoms with Crippen LogP contribution in [-0.4, -0.2) is 17.8 Å². The molecule has 1 unspecified atom stereocenters. The molecular formula is C13H15BrF3NO. The molecule has 106 valence electrons. The topological polar surface area (TPSA) is 29.1 Å². The number of nitrogens with one attached hydrogen (secondary N) is 1. The summed E-state index contributed by atoms with van der Waals surface area (Å²) < 4.78 is 37.5. The van der Waals surface area contributed by atoms with E-state index in [1.807, 2.05) is 6.92 Å². The van der Waals surface area contributed by atoms with E-state index in [0.29, 0.717) is 6.54 Å². The van der Waals surface area contributed by atoms with E-state index in [2.05, 4.69) is 21.2 Å². The van der Waals surface area contributed by atoms with E-state index >= 15 is 0 Å². The minimum atomic E-state index is -4.43. The van der Waals surface area contributed by atoms with Crippen LogP contribution in [0.15, 0.2) is 24.3 Å². The van der Waals surface area contributed by atoms with Gasteiger partial charge in [0, 0.05) is 17.4 Å². The summed E-state index contributed by atoms with van der Waals surface area (Å²) in [6.07, 6.45) is -3.54. The largest absolute Gasteiger partial charge is 0.416 e. The molecule has 0 bridgehead atoms. The Morgan fingerprint density at radius 3 is 2.68 bits per heavy atom. The number of hydrogen-bond donors (Lipinski definition) is 1. The van der Waals surface area contributed by atoms with Crippen molar-refractivity contribution in [2.24, 2.45) is 5.92 Å². The number of amides is 1. The Morgan fingerprint density at radius 1 is 1.42 bits per heavy atom. The number of carbonyl (C=O) groups is 1. The molecule has 0 fully saturated rings. The van der Waals surface area contributed by atoms with Crippen LogP contribution in [0.3, 0.4) is 0 Å². The van der Waals surface area contributed by atoms with Gasteiger partial charge in [-0.05, 0) is 30.5 Å². The van der Waals surface area contributed by atoms with E-state index in [0.717, 1.165) is 23.9 Å². The summed E-state index contributed by atoms with van der Waals surface area (Å²) >= 11 is 3.30. The van der Waals surface area contributed by atoms with Gasteiger partial charge in [-0.15, -0.1) is 0 Å². The molecule has 1 atom stereocenters. The van der Waals surface area contributed by atoms with E-state index < -0.39 is 17.6 Å². The van der Waals surface area contributed by atoms with Crippen LogP contribution in [0.5, 0.6) is 0 Å². The zero-order valence-corrected chi connectivity index (χ0v) is 12.0. The fraction of sp³-hybridized carbons (Fsp3) is 0.462. The van der Waals surface area contributed by atoms with Crippen molar-refractivity contribution in [2.75, 3.05) is 11.9 Å². The lowest BCUT2D eigenvalue weighted by Gasteiger charge is -2.12. The summed E-state index contributed by atoms with van der Waals surface area (Å²) in [5.41, 5.74) is -0.783. The first-order valence-corrected chi connectivity index (χ1v) is 6.98. The molecule has 2 nitrogen and oxygen atoms in total. The van der Waals surface area contributed by atoms with Crippen molar-refractivity contribution >= 4 is 21.8 Å². The van der Waals surface area contributed by atoms with Crippen LogP contribution in [0.4, 0.5) is 13.2 Å². The SMILES string of the molecule is CC(CCBr)CNC(=O)c1cccc(C(F)(F)F)c1. The van der Waals surface area contributed by atoms with Crippen LogP contribution in [0, 0.1) is 5.92 Å². The first-order chi connectivity index (χ1) is 8.84. The Hall–Kier alpha value is -1.04. The molecule has 0 aliphatic heterocycles. The molecule has 6 heteroatoms. The number of alkyl halides is 4. The van der Waals surface area contributed by atoms with Crippen molar-refractivity contribution in [1.29, 1.82) is 0 Å². The first kappa shape index (κ1) is 16.0. The zero-order valence-electron chi connectivity index (χ0n) is 10.4. The van der Waals surface area contributed by atoms with Crippen LogP contribution in [-0.2, 0) is 6.18 Å². The maximum atomic E-state index is 12.5. The summed E-state index contributed by atoms with van der Waals surface area (Å²) in [5.74, 6) is -0.207. The molecule has 1 N–H and O–H groups in total. The summed E-state index contributed by atoms with van der Waals surface area (Å²) in [7, 11) is 0. The van der Waals surface area contributed by atoms with Crippen LogP contribution in [0.1, 0.15) is 29.3 Å². The average Bonchev–Trinajstić information content (AvgIpc) is 2.35. The van der Waals surface area contributed by atoms with Gasteiger partial charge in [-0.2, -0.15) is 13.2 Å². The van der Waals surface area contributed by atoms with Crippen molar-refractivity contribution < 1.29 is 18.0 Å². The minimum absolute atomic E-state index is 0.0286. The molecule has 0 aliphatic rings. The van der Waals surface area contributed by atoms with Crippen molar-refractivity contribution in [3.63, 3.8) is 0 Å². The fourth-order valence-corrected chi connectivity index (χ4v) is 2.28. The van der Waals surface area contributed by atoms with Crippen LogP contribution < -0.4 is 5.32 Å². The molecule has 0 radical (unpaired) electrons. The Kier molecular flexibility index (Phi) is 5.85. The Labute approximate surface area is 118 Å². The van der Waals surface area contributed by atoms with E-state index in [1.165, 1.54) is 12.1 Å². The quantitative estimate of drug-likeness (QED) is 0.812. The highest BCUT2D eigenvalue weighted by Gasteiger charge is 2.30. The zero-order chi connectivity index (χ0) is 14.5. The van der Waals surface area contributed by atoms with Gasteiger partial charge >= 0.3 is 6.18 Å². The monoisotopic (exact) mass is 337 g/mol. The summed E-state index contributed by atoms with van der Waals surface area (Å²) in [4.78, 5) is 11.7. The number of rotatable bonds is 5. The van der Waals surface area contributed by atoms with Gasteiger partial charge in [-0.3, -0.25) is 4.79 Å². The van der Waals surface area contributed by atoms with Gasteiger partial charge in [-0.1, -0.05) is 28.9 Å². The predicted octanol–water partition coefficient (Wildman–Crippen LogP) is 3.86. The molecule has 0 aromatic heterocycles. The van der Waals surface area contributed by atoms with Gasteiger partial charge in [-0.25, -0.2) is 0 Å². The number of carbonyl (C=O) groups excluding carboxylic acids is 1. The lowest BCUT2D eigenvalue weighted by atomic mass is 10.1. The molecule has 0 heterocycles. The van der Waals surface area contributed by atoms with E-state index in [9.17, 15) is 18.0 Å². The van der Waals surface area contributed by atoms with Crippen molar-refractivity contribution in [3.8, 4) is 0 Å². The molecule has 1 aromatic carbocycles. The third-order valence-electron chi connectivity index (χ3n) is 2.67. The number of hydrogen-bond acceptors (Lipinski definition) is 1. The normalized spacial score (nSPS) is 13.1. The molecule has 1 aromatic rings. The highest BCUT2D eigenvalue weighted by molar-refractivity contribution is 9.09.